The van der Waals surface area contributed by atoms with Crippen molar-refractivity contribution >= 4 is 11.8 Å². The molecule has 3 aliphatic carbocycles. The fourth-order valence-electron chi connectivity index (χ4n) is 6.06. The number of carbonyl (C=O) groups is 2. The van der Waals surface area contributed by atoms with Gasteiger partial charge < -0.3 is 4.74 Å². The highest BCUT2D eigenvalue weighted by Gasteiger charge is 2.69. The summed E-state index contributed by atoms with van der Waals surface area (Å²) in [5.41, 5.74) is 0.626. The summed E-state index contributed by atoms with van der Waals surface area (Å²) in [6, 6.07) is 0. The van der Waals surface area contributed by atoms with Crippen molar-refractivity contribution in [1.82, 2.24) is 0 Å². The molecule has 2 saturated carbocycles. The van der Waals surface area contributed by atoms with Gasteiger partial charge in [0.25, 0.3) is 0 Å². The molecule has 1 unspecified atom stereocenters. The van der Waals surface area contributed by atoms with E-state index in [0.29, 0.717) is 12.3 Å². The van der Waals surface area contributed by atoms with Crippen LogP contribution in [0.4, 0.5) is 0 Å². The maximum Gasteiger partial charge on any atom is 0.320 e. The summed E-state index contributed by atoms with van der Waals surface area (Å²) in [6.07, 6.45) is 8.67. The molecule has 0 bridgehead atoms. The maximum atomic E-state index is 12.6. The van der Waals surface area contributed by atoms with Crippen molar-refractivity contribution in [2.24, 2.45) is 28.1 Å². The van der Waals surface area contributed by atoms with E-state index in [-0.39, 0.29) is 34.6 Å². The molecule has 0 aromatic heterocycles. The van der Waals surface area contributed by atoms with Crippen LogP contribution in [0.5, 0.6) is 0 Å². The van der Waals surface area contributed by atoms with Crippen LogP contribution in [0.3, 0.4) is 0 Å². The summed E-state index contributed by atoms with van der Waals surface area (Å²) < 4.78 is 5.71. The van der Waals surface area contributed by atoms with Crippen molar-refractivity contribution in [3.05, 3.63) is 24.3 Å². The van der Waals surface area contributed by atoms with Gasteiger partial charge in [0.1, 0.15) is 17.3 Å². The molecule has 6 atom stereocenters. The second kappa shape index (κ2) is 4.37. The lowest BCUT2D eigenvalue weighted by Gasteiger charge is -2.56. The van der Waals surface area contributed by atoms with Crippen LogP contribution in [-0.2, 0) is 14.3 Å². The van der Waals surface area contributed by atoms with E-state index >= 15 is 0 Å². The first kappa shape index (κ1) is 15.2. The predicted molar refractivity (Wildman–Crippen MR) is 87.6 cm³/mol. The van der Waals surface area contributed by atoms with Gasteiger partial charge in [-0.3, -0.25) is 9.59 Å². The zero-order valence-corrected chi connectivity index (χ0v) is 14.4. The Morgan fingerprint density at radius 3 is 2.70 bits per heavy atom. The highest BCUT2D eigenvalue weighted by atomic mass is 16.6. The topological polar surface area (TPSA) is 43.4 Å². The first-order chi connectivity index (χ1) is 10.7. The highest BCUT2D eigenvalue weighted by Crippen LogP contribution is 2.65. The minimum absolute atomic E-state index is 0.00517. The summed E-state index contributed by atoms with van der Waals surface area (Å²) in [7, 11) is 0. The Balaban J connectivity index is 1.83. The number of ketones is 1. The molecule has 0 amide bonds. The first-order valence-electron chi connectivity index (χ1n) is 8.83. The molecule has 4 aliphatic rings. The molecular weight excluding hydrogens is 288 g/mol. The molecule has 124 valence electrons. The fourth-order valence-corrected chi connectivity index (χ4v) is 6.06. The van der Waals surface area contributed by atoms with Crippen molar-refractivity contribution < 1.29 is 14.3 Å². The normalized spacial score (nSPS) is 51.4. The molecule has 1 aliphatic heterocycles. The van der Waals surface area contributed by atoms with Crippen LogP contribution in [-0.4, -0.2) is 17.9 Å². The Hall–Kier alpha value is -1.38. The van der Waals surface area contributed by atoms with Crippen LogP contribution in [0.25, 0.3) is 0 Å². The standard InChI is InChI=1S/C20H26O3/c1-5-18(2)8-6-13-12(11-18)10-14-16-19(13,3)9-7-15(21)20(16,4)17(22)23-14/h5,10,13-14,16H,1,6-9,11H2,2-4H3/t13-,14-,16?,18-,19-,20+/m1/s1. The van der Waals surface area contributed by atoms with Gasteiger partial charge in [0.15, 0.2) is 0 Å². The largest absolute Gasteiger partial charge is 0.457 e. The molecule has 0 aromatic rings. The number of carbonyl (C=O) groups excluding carboxylic acids is 2. The Kier molecular flexibility index (Phi) is 2.88. The van der Waals surface area contributed by atoms with E-state index < -0.39 is 5.41 Å². The zero-order chi connectivity index (χ0) is 16.6. The van der Waals surface area contributed by atoms with Gasteiger partial charge in [0.2, 0.25) is 0 Å². The number of hydrogen-bond acceptors (Lipinski definition) is 3. The van der Waals surface area contributed by atoms with Crippen LogP contribution in [0.2, 0.25) is 0 Å². The summed E-state index contributed by atoms with van der Waals surface area (Å²) in [5, 5.41) is 0. The summed E-state index contributed by atoms with van der Waals surface area (Å²) in [6.45, 7) is 10.4. The lowest BCUT2D eigenvalue weighted by molar-refractivity contribution is -0.155. The number of ether oxygens (including phenoxy) is 1. The Morgan fingerprint density at radius 2 is 2.00 bits per heavy atom. The molecule has 1 saturated heterocycles. The number of rotatable bonds is 1. The third-order valence-electron chi connectivity index (χ3n) is 7.53. The van der Waals surface area contributed by atoms with E-state index in [0.717, 1.165) is 25.7 Å². The van der Waals surface area contributed by atoms with E-state index in [1.807, 2.05) is 6.92 Å². The lowest BCUT2D eigenvalue weighted by Crippen LogP contribution is -2.57. The van der Waals surface area contributed by atoms with Crippen LogP contribution in [0.15, 0.2) is 24.3 Å². The van der Waals surface area contributed by atoms with Crippen LogP contribution < -0.4 is 0 Å². The monoisotopic (exact) mass is 314 g/mol. The van der Waals surface area contributed by atoms with Gasteiger partial charge in [0.05, 0.1) is 0 Å². The van der Waals surface area contributed by atoms with Crippen LogP contribution in [0, 0.1) is 28.1 Å². The van der Waals surface area contributed by atoms with Crippen molar-refractivity contribution in [3.63, 3.8) is 0 Å². The lowest BCUT2D eigenvalue weighted by atomic mass is 9.45. The van der Waals surface area contributed by atoms with Crippen molar-refractivity contribution in [3.8, 4) is 0 Å². The van der Waals surface area contributed by atoms with Gasteiger partial charge in [-0.05, 0) is 55.4 Å². The second-order valence-electron chi connectivity index (χ2n) is 8.85. The Labute approximate surface area is 138 Å². The molecule has 0 N–H and O–H groups in total. The zero-order valence-electron chi connectivity index (χ0n) is 14.4. The number of fused-ring (bicyclic) bond motifs is 2. The third kappa shape index (κ3) is 1.71. The highest BCUT2D eigenvalue weighted by molar-refractivity contribution is 6.06. The molecule has 0 spiro atoms. The third-order valence-corrected chi connectivity index (χ3v) is 7.53. The average molecular weight is 314 g/mol. The number of esters is 1. The van der Waals surface area contributed by atoms with E-state index in [1.165, 1.54) is 5.57 Å². The number of allylic oxidation sites excluding steroid dienone is 2. The fraction of sp³-hybridized carbons (Fsp3) is 0.700. The Bertz CT molecular complexity index is 647. The quantitative estimate of drug-likeness (QED) is 0.419. The molecule has 0 aromatic carbocycles. The van der Waals surface area contributed by atoms with Crippen molar-refractivity contribution in [1.29, 1.82) is 0 Å². The van der Waals surface area contributed by atoms with Gasteiger partial charge in [-0.1, -0.05) is 25.5 Å². The molecule has 3 fully saturated rings. The van der Waals surface area contributed by atoms with Gasteiger partial charge in [-0.25, -0.2) is 0 Å². The van der Waals surface area contributed by atoms with Crippen molar-refractivity contribution in [2.75, 3.05) is 0 Å². The smallest absolute Gasteiger partial charge is 0.320 e. The number of Topliss-reactive ketones (excluding diaryl/α,β-unsaturated/α-hetero) is 1. The summed E-state index contributed by atoms with van der Waals surface area (Å²) >= 11 is 0. The molecule has 3 nitrogen and oxygen atoms in total. The van der Waals surface area contributed by atoms with E-state index in [2.05, 4.69) is 32.6 Å². The SMILES string of the molecule is C=C[C@]1(C)CC[C@@H]2C(=C[C@H]3OC(=O)[C@@]4(C)C(=O)CC[C@@]2(C)C34)C1. The molecule has 23 heavy (non-hydrogen) atoms. The summed E-state index contributed by atoms with van der Waals surface area (Å²) in [5.74, 6) is 0.255. The molecule has 0 radical (unpaired) electrons. The minimum Gasteiger partial charge on any atom is -0.457 e. The van der Waals surface area contributed by atoms with Crippen LogP contribution >= 0.6 is 0 Å². The van der Waals surface area contributed by atoms with Gasteiger partial charge in [-0.2, -0.15) is 0 Å². The molecule has 4 rings (SSSR count). The van der Waals surface area contributed by atoms with Gasteiger partial charge in [-0.15, -0.1) is 6.58 Å². The first-order valence-corrected chi connectivity index (χ1v) is 8.83. The molecule has 3 heteroatoms. The minimum atomic E-state index is -0.932. The van der Waals surface area contributed by atoms with E-state index in [1.54, 1.807) is 0 Å². The second-order valence-corrected chi connectivity index (χ2v) is 8.85. The average Bonchev–Trinajstić information content (AvgIpc) is 2.77. The maximum absolute atomic E-state index is 12.6. The molecule has 1 heterocycles. The van der Waals surface area contributed by atoms with E-state index in [9.17, 15) is 9.59 Å². The van der Waals surface area contributed by atoms with Crippen LogP contribution in [0.1, 0.15) is 52.9 Å². The van der Waals surface area contributed by atoms with Gasteiger partial charge in [0, 0.05) is 12.3 Å². The Morgan fingerprint density at radius 1 is 1.26 bits per heavy atom. The van der Waals surface area contributed by atoms with Gasteiger partial charge >= 0.3 is 5.97 Å². The molecular formula is C20H26O3. The van der Waals surface area contributed by atoms with E-state index in [4.69, 9.17) is 4.74 Å². The predicted octanol–water partition coefficient (Wildman–Crippen LogP) is 3.84. The summed E-state index contributed by atoms with van der Waals surface area (Å²) in [4.78, 5) is 25.1. The number of hydrogen-bond donors (Lipinski definition) is 0. The van der Waals surface area contributed by atoms with Crippen molar-refractivity contribution in [2.45, 2.75) is 59.0 Å².